The number of carboxylic acids is 1. The van der Waals surface area contributed by atoms with Crippen LogP contribution < -0.4 is 4.74 Å². The molecule has 0 aromatic heterocycles. The third-order valence-corrected chi connectivity index (χ3v) is 2.88. The lowest BCUT2D eigenvalue weighted by molar-refractivity contribution is -0.137. The lowest BCUT2D eigenvalue weighted by atomic mass is 10.0. The molecular weight excluding hydrogens is 216 g/mol. The van der Waals surface area contributed by atoms with Crippen molar-refractivity contribution < 1.29 is 14.6 Å². The van der Waals surface area contributed by atoms with Crippen LogP contribution in [-0.4, -0.2) is 17.7 Å². The van der Waals surface area contributed by atoms with Crippen molar-refractivity contribution in [1.29, 1.82) is 0 Å². The van der Waals surface area contributed by atoms with Crippen molar-refractivity contribution in [3.8, 4) is 5.75 Å². The Labute approximate surface area is 102 Å². The molecule has 1 N–H and O–H groups in total. The molecule has 0 aliphatic rings. The maximum Gasteiger partial charge on any atom is 0.303 e. The van der Waals surface area contributed by atoms with Crippen molar-refractivity contribution in [1.82, 2.24) is 0 Å². The van der Waals surface area contributed by atoms with Crippen molar-refractivity contribution in [3.05, 3.63) is 28.8 Å². The van der Waals surface area contributed by atoms with Gasteiger partial charge in [0.1, 0.15) is 5.75 Å². The van der Waals surface area contributed by atoms with Crippen molar-refractivity contribution >= 4 is 5.97 Å². The molecule has 17 heavy (non-hydrogen) atoms. The van der Waals surface area contributed by atoms with Crippen LogP contribution in [0.1, 0.15) is 36.5 Å². The second-order valence-electron chi connectivity index (χ2n) is 4.18. The van der Waals surface area contributed by atoms with E-state index in [1.807, 2.05) is 19.9 Å². The van der Waals surface area contributed by atoms with Gasteiger partial charge >= 0.3 is 5.97 Å². The van der Waals surface area contributed by atoms with Gasteiger partial charge in [-0.05, 0) is 50.3 Å². The zero-order valence-electron chi connectivity index (χ0n) is 10.7. The van der Waals surface area contributed by atoms with E-state index < -0.39 is 5.97 Å². The second kappa shape index (κ2) is 6.28. The molecule has 3 nitrogen and oxygen atoms in total. The van der Waals surface area contributed by atoms with E-state index in [-0.39, 0.29) is 6.42 Å². The molecule has 0 spiro atoms. The summed E-state index contributed by atoms with van der Waals surface area (Å²) in [4.78, 5) is 10.5. The van der Waals surface area contributed by atoms with Crippen molar-refractivity contribution in [2.24, 2.45) is 0 Å². The fourth-order valence-corrected chi connectivity index (χ4v) is 1.82. The highest BCUT2D eigenvalue weighted by Gasteiger charge is 2.09. The monoisotopic (exact) mass is 236 g/mol. The van der Waals surface area contributed by atoms with Gasteiger partial charge < -0.3 is 9.84 Å². The van der Waals surface area contributed by atoms with Crippen LogP contribution in [0, 0.1) is 13.8 Å². The first kappa shape index (κ1) is 13.6. The van der Waals surface area contributed by atoms with E-state index in [1.165, 1.54) is 5.56 Å². The number of rotatable bonds is 6. The summed E-state index contributed by atoms with van der Waals surface area (Å²) in [6.45, 7) is 6.69. The smallest absolute Gasteiger partial charge is 0.303 e. The Balaban J connectivity index is 2.83. The molecule has 0 aliphatic carbocycles. The quantitative estimate of drug-likeness (QED) is 0.825. The van der Waals surface area contributed by atoms with Gasteiger partial charge in [0.15, 0.2) is 0 Å². The van der Waals surface area contributed by atoms with Crippen LogP contribution >= 0.6 is 0 Å². The van der Waals surface area contributed by atoms with E-state index in [2.05, 4.69) is 13.0 Å². The number of aliphatic carboxylic acids is 1. The molecule has 1 aromatic carbocycles. The van der Waals surface area contributed by atoms with Gasteiger partial charge in [-0.3, -0.25) is 4.79 Å². The van der Waals surface area contributed by atoms with Gasteiger partial charge in [0.05, 0.1) is 6.61 Å². The highest BCUT2D eigenvalue weighted by molar-refractivity contribution is 5.66. The molecule has 1 aromatic rings. The maximum atomic E-state index is 10.5. The number of hydrogen-bond acceptors (Lipinski definition) is 2. The molecule has 0 fully saturated rings. The van der Waals surface area contributed by atoms with Gasteiger partial charge in [0.25, 0.3) is 0 Å². The van der Waals surface area contributed by atoms with Crippen LogP contribution in [0.3, 0.4) is 0 Å². The number of carbonyl (C=O) groups is 1. The normalized spacial score (nSPS) is 10.3. The molecule has 0 unspecified atom stereocenters. The van der Waals surface area contributed by atoms with Crippen LogP contribution in [0.4, 0.5) is 0 Å². The molecule has 94 valence electrons. The Morgan fingerprint density at radius 2 is 2.06 bits per heavy atom. The molecule has 0 bridgehead atoms. The van der Waals surface area contributed by atoms with Crippen molar-refractivity contribution in [2.45, 2.75) is 40.0 Å². The summed E-state index contributed by atoms with van der Waals surface area (Å²) < 4.78 is 5.66. The van der Waals surface area contributed by atoms with E-state index in [0.717, 1.165) is 23.3 Å². The maximum absolute atomic E-state index is 10.5. The average molecular weight is 236 g/mol. The Hall–Kier alpha value is -1.51. The van der Waals surface area contributed by atoms with Gasteiger partial charge in [-0.2, -0.15) is 0 Å². The largest absolute Gasteiger partial charge is 0.493 e. The summed E-state index contributed by atoms with van der Waals surface area (Å²) in [6.07, 6.45) is 1.61. The summed E-state index contributed by atoms with van der Waals surface area (Å²) in [7, 11) is 0. The summed E-state index contributed by atoms with van der Waals surface area (Å²) in [5.74, 6) is 0.185. The first-order valence-corrected chi connectivity index (χ1v) is 6.00. The molecule has 0 saturated carbocycles. The molecule has 0 radical (unpaired) electrons. The first-order valence-electron chi connectivity index (χ1n) is 6.00. The fourth-order valence-electron chi connectivity index (χ4n) is 1.82. The topological polar surface area (TPSA) is 46.5 Å². The van der Waals surface area contributed by atoms with Gasteiger partial charge in [0.2, 0.25) is 0 Å². The van der Waals surface area contributed by atoms with Gasteiger partial charge in [-0.25, -0.2) is 0 Å². The highest BCUT2D eigenvalue weighted by atomic mass is 16.5. The Bertz CT molecular complexity index is 397. The van der Waals surface area contributed by atoms with Crippen LogP contribution in [0.15, 0.2) is 12.1 Å². The molecule has 0 atom stereocenters. The zero-order valence-corrected chi connectivity index (χ0v) is 10.7. The predicted octanol–water partition coefficient (Wildman–Crippen LogP) is 3.11. The van der Waals surface area contributed by atoms with Gasteiger partial charge in [-0.15, -0.1) is 0 Å². The Kier molecular flexibility index (Phi) is 5.01. The summed E-state index contributed by atoms with van der Waals surface area (Å²) in [5.41, 5.74) is 3.46. The Morgan fingerprint density at radius 3 is 2.65 bits per heavy atom. The third-order valence-electron chi connectivity index (χ3n) is 2.88. The number of aryl methyl sites for hydroxylation is 2. The average Bonchev–Trinajstić information content (AvgIpc) is 2.27. The minimum Gasteiger partial charge on any atom is -0.493 e. The van der Waals surface area contributed by atoms with Crippen LogP contribution in [0.25, 0.3) is 0 Å². The fraction of sp³-hybridized carbons (Fsp3) is 0.500. The molecule has 0 amide bonds. The molecule has 0 saturated heterocycles. The standard InChI is InChI=1S/C14H20O3/c1-4-17-14-11(3)10(2)8-9-12(14)6-5-7-13(15)16/h8-9H,4-7H2,1-3H3,(H,15,16). The molecule has 0 heterocycles. The number of hydrogen-bond donors (Lipinski definition) is 1. The van der Waals surface area contributed by atoms with Crippen molar-refractivity contribution in [3.63, 3.8) is 0 Å². The molecular formula is C14H20O3. The van der Waals surface area contributed by atoms with E-state index >= 15 is 0 Å². The van der Waals surface area contributed by atoms with Crippen LogP contribution in [0.5, 0.6) is 5.75 Å². The molecule has 0 aliphatic heterocycles. The lowest BCUT2D eigenvalue weighted by Gasteiger charge is -2.14. The number of carboxylic acid groups (broad SMARTS) is 1. The summed E-state index contributed by atoms with van der Waals surface area (Å²) in [5, 5.41) is 8.63. The van der Waals surface area contributed by atoms with E-state index in [4.69, 9.17) is 9.84 Å². The molecule has 3 heteroatoms. The van der Waals surface area contributed by atoms with Crippen LogP contribution in [0.2, 0.25) is 0 Å². The van der Waals surface area contributed by atoms with Gasteiger partial charge in [-0.1, -0.05) is 12.1 Å². The zero-order chi connectivity index (χ0) is 12.8. The van der Waals surface area contributed by atoms with Crippen molar-refractivity contribution in [2.75, 3.05) is 6.61 Å². The summed E-state index contributed by atoms with van der Waals surface area (Å²) >= 11 is 0. The summed E-state index contributed by atoms with van der Waals surface area (Å²) in [6, 6.07) is 4.10. The third kappa shape index (κ3) is 3.77. The number of benzene rings is 1. The van der Waals surface area contributed by atoms with E-state index in [9.17, 15) is 4.79 Å². The first-order chi connectivity index (χ1) is 8.06. The highest BCUT2D eigenvalue weighted by Crippen LogP contribution is 2.27. The minimum atomic E-state index is -0.744. The van der Waals surface area contributed by atoms with Gasteiger partial charge in [0, 0.05) is 6.42 Å². The number of ether oxygens (including phenoxy) is 1. The van der Waals surface area contributed by atoms with E-state index in [1.54, 1.807) is 0 Å². The SMILES string of the molecule is CCOc1c(CCCC(=O)O)ccc(C)c1C. The lowest BCUT2D eigenvalue weighted by Crippen LogP contribution is -2.02. The van der Waals surface area contributed by atoms with Crippen LogP contribution in [-0.2, 0) is 11.2 Å². The Morgan fingerprint density at radius 1 is 1.35 bits per heavy atom. The molecule has 1 rings (SSSR count). The minimum absolute atomic E-state index is 0.207. The van der Waals surface area contributed by atoms with E-state index in [0.29, 0.717) is 13.0 Å². The second-order valence-corrected chi connectivity index (χ2v) is 4.18. The predicted molar refractivity (Wildman–Crippen MR) is 67.7 cm³/mol.